The SMILES string of the molecule is O=Cc1ncc(-c2ccccn2)cn1. The minimum Gasteiger partial charge on any atom is -0.294 e. The van der Waals surface area contributed by atoms with Crippen molar-refractivity contribution < 1.29 is 4.79 Å². The summed E-state index contributed by atoms with van der Waals surface area (Å²) in [6, 6.07) is 5.58. The van der Waals surface area contributed by atoms with Crippen LogP contribution in [0, 0.1) is 0 Å². The Morgan fingerprint density at radius 2 is 1.86 bits per heavy atom. The van der Waals surface area contributed by atoms with Crippen LogP contribution in [0.3, 0.4) is 0 Å². The van der Waals surface area contributed by atoms with Gasteiger partial charge in [-0.1, -0.05) is 6.07 Å². The first-order valence-electron chi connectivity index (χ1n) is 4.09. The molecule has 2 aromatic heterocycles. The molecule has 0 aliphatic rings. The molecule has 2 aromatic rings. The van der Waals surface area contributed by atoms with E-state index in [2.05, 4.69) is 15.0 Å². The molecule has 14 heavy (non-hydrogen) atoms. The molecular weight excluding hydrogens is 178 g/mol. The summed E-state index contributed by atoms with van der Waals surface area (Å²) in [5.41, 5.74) is 1.60. The average Bonchev–Trinajstić information content (AvgIpc) is 2.30. The Morgan fingerprint density at radius 3 is 2.43 bits per heavy atom. The number of carbonyl (C=O) groups excluding carboxylic acids is 1. The molecule has 0 radical (unpaired) electrons. The van der Waals surface area contributed by atoms with E-state index in [0.717, 1.165) is 11.3 Å². The topological polar surface area (TPSA) is 55.7 Å². The molecule has 0 amide bonds. The summed E-state index contributed by atoms with van der Waals surface area (Å²) in [4.78, 5) is 22.2. The number of nitrogens with zero attached hydrogens (tertiary/aromatic N) is 3. The Bertz CT molecular complexity index is 425. The van der Waals surface area contributed by atoms with Gasteiger partial charge in [0.15, 0.2) is 12.1 Å². The number of aromatic nitrogens is 3. The van der Waals surface area contributed by atoms with Gasteiger partial charge in [-0.2, -0.15) is 0 Å². The van der Waals surface area contributed by atoms with E-state index in [4.69, 9.17) is 0 Å². The maximum Gasteiger partial charge on any atom is 0.192 e. The molecule has 0 atom stereocenters. The highest BCUT2D eigenvalue weighted by molar-refractivity contribution is 5.69. The van der Waals surface area contributed by atoms with Crippen molar-refractivity contribution in [2.75, 3.05) is 0 Å². The normalized spacial score (nSPS) is 9.71. The molecule has 4 nitrogen and oxygen atoms in total. The zero-order chi connectivity index (χ0) is 9.80. The van der Waals surface area contributed by atoms with Crippen molar-refractivity contribution in [2.45, 2.75) is 0 Å². The Hall–Kier alpha value is -2.10. The van der Waals surface area contributed by atoms with E-state index in [-0.39, 0.29) is 5.82 Å². The summed E-state index contributed by atoms with van der Waals surface area (Å²) in [6.45, 7) is 0. The van der Waals surface area contributed by atoms with Gasteiger partial charge in [-0.3, -0.25) is 9.78 Å². The molecule has 4 heteroatoms. The Morgan fingerprint density at radius 1 is 1.07 bits per heavy atom. The van der Waals surface area contributed by atoms with E-state index in [1.807, 2.05) is 18.2 Å². The smallest absolute Gasteiger partial charge is 0.192 e. The van der Waals surface area contributed by atoms with Crippen LogP contribution in [0.2, 0.25) is 0 Å². The fourth-order valence-electron chi connectivity index (χ4n) is 1.06. The van der Waals surface area contributed by atoms with Crippen molar-refractivity contribution >= 4 is 6.29 Å². The molecule has 0 aromatic carbocycles. The largest absolute Gasteiger partial charge is 0.294 e. The van der Waals surface area contributed by atoms with Crippen molar-refractivity contribution in [3.63, 3.8) is 0 Å². The second kappa shape index (κ2) is 3.74. The lowest BCUT2D eigenvalue weighted by Gasteiger charge is -1.97. The van der Waals surface area contributed by atoms with Crippen LogP contribution in [0.25, 0.3) is 11.3 Å². The first-order valence-corrected chi connectivity index (χ1v) is 4.09. The lowest BCUT2D eigenvalue weighted by atomic mass is 10.2. The second-order valence-electron chi connectivity index (χ2n) is 2.66. The van der Waals surface area contributed by atoms with Gasteiger partial charge >= 0.3 is 0 Å². The minimum atomic E-state index is 0.185. The van der Waals surface area contributed by atoms with Crippen molar-refractivity contribution in [3.05, 3.63) is 42.6 Å². The first-order chi connectivity index (χ1) is 6.90. The number of pyridine rings is 1. The third kappa shape index (κ3) is 1.64. The molecule has 0 fully saturated rings. The number of hydrogen-bond acceptors (Lipinski definition) is 4. The highest BCUT2D eigenvalue weighted by Gasteiger charge is 1.99. The fourth-order valence-corrected chi connectivity index (χ4v) is 1.06. The zero-order valence-corrected chi connectivity index (χ0v) is 7.29. The summed E-state index contributed by atoms with van der Waals surface area (Å²) in [6.07, 6.45) is 5.48. The summed E-state index contributed by atoms with van der Waals surface area (Å²) in [5.74, 6) is 0.185. The van der Waals surface area contributed by atoms with E-state index in [9.17, 15) is 4.79 Å². The highest BCUT2D eigenvalue weighted by Crippen LogP contribution is 2.12. The fraction of sp³-hybridized carbons (Fsp3) is 0. The predicted molar refractivity (Wildman–Crippen MR) is 50.7 cm³/mol. The third-order valence-corrected chi connectivity index (χ3v) is 1.74. The van der Waals surface area contributed by atoms with Crippen molar-refractivity contribution in [1.82, 2.24) is 15.0 Å². The standard InChI is InChI=1S/C10H7N3O/c14-7-10-12-5-8(6-13-10)9-3-1-2-4-11-9/h1-7H. The van der Waals surface area contributed by atoms with E-state index in [0.29, 0.717) is 6.29 Å². The Kier molecular flexibility index (Phi) is 2.27. The molecule has 0 N–H and O–H groups in total. The lowest BCUT2D eigenvalue weighted by molar-refractivity contribution is 0.111. The van der Waals surface area contributed by atoms with Crippen LogP contribution < -0.4 is 0 Å². The number of hydrogen-bond donors (Lipinski definition) is 0. The molecule has 0 saturated carbocycles. The van der Waals surface area contributed by atoms with Crippen LogP contribution in [0.4, 0.5) is 0 Å². The summed E-state index contributed by atoms with van der Waals surface area (Å²) in [5, 5.41) is 0. The zero-order valence-electron chi connectivity index (χ0n) is 7.29. The average molecular weight is 185 g/mol. The highest BCUT2D eigenvalue weighted by atomic mass is 16.1. The van der Waals surface area contributed by atoms with Crippen molar-refractivity contribution in [1.29, 1.82) is 0 Å². The lowest BCUT2D eigenvalue weighted by Crippen LogP contribution is -1.92. The van der Waals surface area contributed by atoms with Crippen LogP contribution in [-0.2, 0) is 0 Å². The van der Waals surface area contributed by atoms with Gasteiger partial charge in [0.1, 0.15) is 0 Å². The maximum absolute atomic E-state index is 10.3. The molecule has 0 unspecified atom stereocenters. The second-order valence-corrected chi connectivity index (χ2v) is 2.66. The van der Waals surface area contributed by atoms with Gasteiger partial charge in [0, 0.05) is 24.2 Å². The number of rotatable bonds is 2. The van der Waals surface area contributed by atoms with Crippen LogP contribution in [0.1, 0.15) is 10.6 Å². The van der Waals surface area contributed by atoms with E-state index in [1.165, 1.54) is 0 Å². The third-order valence-electron chi connectivity index (χ3n) is 1.74. The summed E-state index contributed by atoms with van der Waals surface area (Å²) >= 11 is 0. The van der Waals surface area contributed by atoms with Gasteiger partial charge < -0.3 is 0 Å². The number of aldehydes is 1. The van der Waals surface area contributed by atoms with Gasteiger partial charge in [0.2, 0.25) is 0 Å². The van der Waals surface area contributed by atoms with Gasteiger partial charge in [-0.25, -0.2) is 9.97 Å². The molecule has 68 valence electrons. The molecule has 0 saturated heterocycles. The Balaban J connectivity index is 2.39. The molecule has 0 bridgehead atoms. The molecular formula is C10H7N3O. The van der Waals surface area contributed by atoms with Crippen LogP contribution in [0.15, 0.2) is 36.8 Å². The predicted octanol–water partition coefficient (Wildman–Crippen LogP) is 1.35. The summed E-state index contributed by atoms with van der Waals surface area (Å²) < 4.78 is 0. The quantitative estimate of drug-likeness (QED) is 0.662. The molecule has 0 aliphatic heterocycles. The van der Waals surface area contributed by atoms with E-state index < -0.39 is 0 Å². The van der Waals surface area contributed by atoms with E-state index in [1.54, 1.807) is 18.6 Å². The minimum absolute atomic E-state index is 0.185. The molecule has 0 spiro atoms. The van der Waals surface area contributed by atoms with E-state index >= 15 is 0 Å². The van der Waals surface area contributed by atoms with Gasteiger partial charge in [0.05, 0.1) is 5.69 Å². The summed E-state index contributed by atoms with van der Waals surface area (Å²) in [7, 11) is 0. The monoisotopic (exact) mass is 185 g/mol. The molecule has 2 rings (SSSR count). The Labute approximate surface area is 80.7 Å². The van der Waals surface area contributed by atoms with Crippen molar-refractivity contribution in [2.24, 2.45) is 0 Å². The van der Waals surface area contributed by atoms with Crippen LogP contribution in [-0.4, -0.2) is 21.2 Å². The molecule has 2 heterocycles. The van der Waals surface area contributed by atoms with Gasteiger partial charge in [0.25, 0.3) is 0 Å². The van der Waals surface area contributed by atoms with Crippen molar-refractivity contribution in [3.8, 4) is 11.3 Å². The van der Waals surface area contributed by atoms with Crippen LogP contribution in [0.5, 0.6) is 0 Å². The van der Waals surface area contributed by atoms with Crippen LogP contribution >= 0.6 is 0 Å². The van der Waals surface area contributed by atoms with Gasteiger partial charge in [-0.15, -0.1) is 0 Å². The van der Waals surface area contributed by atoms with Gasteiger partial charge in [-0.05, 0) is 12.1 Å². The molecule has 0 aliphatic carbocycles. The number of carbonyl (C=O) groups is 1. The maximum atomic E-state index is 10.3. The first kappa shape index (κ1) is 8.50.